The third kappa shape index (κ3) is 1.73. The largest absolute Gasteiger partial charge is 0.325 e. The quantitative estimate of drug-likeness (QED) is 0.674. The van der Waals surface area contributed by atoms with Crippen molar-refractivity contribution in [3.63, 3.8) is 0 Å². The molecule has 1 aromatic carbocycles. The maximum Gasteiger partial charge on any atom is 0.239 e. The number of fused-ring (bicyclic) bond motifs is 2. The van der Waals surface area contributed by atoms with Gasteiger partial charge in [0.1, 0.15) is 5.41 Å². The molecule has 2 unspecified atom stereocenters. The summed E-state index contributed by atoms with van der Waals surface area (Å²) < 4.78 is 0. The van der Waals surface area contributed by atoms with Crippen molar-refractivity contribution in [1.82, 2.24) is 0 Å². The number of amides is 1. The predicted molar refractivity (Wildman–Crippen MR) is 83.5 cm³/mol. The van der Waals surface area contributed by atoms with E-state index in [1.54, 1.807) is 0 Å². The van der Waals surface area contributed by atoms with E-state index in [0.29, 0.717) is 18.5 Å². The molecular formula is C18H21NO3. The van der Waals surface area contributed by atoms with Crippen LogP contribution in [0.25, 0.3) is 0 Å². The molecule has 0 saturated heterocycles. The number of Topliss-reactive ketones (excluding diaryl/α,β-unsaturated/α-hetero) is 2. The fourth-order valence-electron chi connectivity index (χ4n) is 4.37. The summed E-state index contributed by atoms with van der Waals surface area (Å²) in [6.07, 6.45) is 1.09. The standard InChI is InChI=1S/C18H21NO3/c1-10-7-11(2)9-12(8-10)19-16(22)18-6-5-13(17(18,3)4)14(20)15(18)21/h7-9,13H,5-6H2,1-4H3,(H,19,22). The molecule has 22 heavy (non-hydrogen) atoms. The van der Waals surface area contributed by atoms with Gasteiger partial charge in [-0.25, -0.2) is 0 Å². The Hall–Kier alpha value is -1.97. The number of hydrogen-bond acceptors (Lipinski definition) is 3. The average Bonchev–Trinajstić information content (AvgIpc) is 2.74. The van der Waals surface area contributed by atoms with Gasteiger partial charge < -0.3 is 5.32 Å². The van der Waals surface area contributed by atoms with Crippen LogP contribution in [0.15, 0.2) is 18.2 Å². The number of rotatable bonds is 2. The Morgan fingerprint density at radius 1 is 1.14 bits per heavy atom. The molecule has 2 aliphatic carbocycles. The van der Waals surface area contributed by atoms with E-state index >= 15 is 0 Å². The predicted octanol–water partition coefficient (Wildman–Crippen LogP) is 2.82. The van der Waals surface area contributed by atoms with Crippen molar-refractivity contribution in [1.29, 1.82) is 0 Å². The molecule has 2 saturated carbocycles. The molecular weight excluding hydrogens is 278 g/mol. The highest BCUT2D eigenvalue weighted by Crippen LogP contribution is 2.62. The second-order valence-electron chi connectivity index (χ2n) is 7.24. The minimum atomic E-state index is -1.20. The van der Waals surface area contributed by atoms with Crippen LogP contribution in [0.1, 0.15) is 37.8 Å². The van der Waals surface area contributed by atoms with E-state index in [0.717, 1.165) is 11.1 Å². The van der Waals surface area contributed by atoms with Crippen LogP contribution in [0.3, 0.4) is 0 Å². The number of benzene rings is 1. The third-order valence-corrected chi connectivity index (χ3v) is 5.57. The minimum absolute atomic E-state index is 0.315. The van der Waals surface area contributed by atoms with Crippen LogP contribution in [0.2, 0.25) is 0 Å². The first-order valence-electron chi connectivity index (χ1n) is 7.68. The van der Waals surface area contributed by atoms with E-state index in [-0.39, 0.29) is 17.6 Å². The number of hydrogen-bond donors (Lipinski definition) is 1. The highest BCUT2D eigenvalue weighted by molar-refractivity contribution is 6.48. The summed E-state index contributed by atoms with van der Waals surface area (Å²) >= 11 is 0. The van der Waals surface area contributed by atoms with E-state index < -0.39 is 16.6 Å². The molecule has 2 aliphatic rings. The van der Waals surface area contributed by atoms with Gasteiger partial charge in [0.15, 0.2) is 0 Å². The van der Waals surface area contributed by atoms with E-state index in [1.807, 2.05) is 45.9 Å². The molecule has 1 aromatic rings. The Morgan fingerprint density at radius 3 is 2.23 bits per heavy atom. The van der Waals surface area contributed by atoms with Crippen LogP contribution in [0.5, 0.6) is 0 Å². The molecule has 1 N–H and O–H groups in total. The summed E-state index contributed by atoms with van der Waals surface area (Å²) in [4.78, 5) is 37.5. The third-order valence-electron chi connectivity index (χ3n) is 5.57. The highest BCUT2D eigenvalue weighted by atomic mass is 16.2. The maximum atomic E-state index is 12.9. The molecule has 2 atom stereocenters. The van der Waals surface area contributed by atoms with Crippen molar-refractivity contribution in [3.05, 3.63) is 29.3 Å². The van der Waals surface area contributed by atoms with Gasteiger partial charge in [0.05, 0.1) is 0 Å². The number of anilines is 1. The first kappa shape index (κ1) is 14.9. The van der Waals surface area contributed by atoms with E-state index in [4.69, 9.17) is 0 Å². The molecule has 0 radical (unpaired) electrons. The normalized spacial score (nSPS) is 29.0. The van der Waals surface area contributed by atoms with Gasteiger partial charge >= 0.3 is 0 Å². The second kappa shape index (κ2) is 4.51. The lowest BCUT2D eigenvalue weighted by atomic mass is 9.68. The molecule has 3 rings (SSSR count). The van der Waals surface area contributed by atoms with E-state index in [9.17, 15) is 14.4 Å². The van der Waals surface area contributed by atoms with Crippen molar-refractivity contribution < 1.29 is 14.4 Å². The summed E-state index contributed by atoms with van der Waals surface area (Å²) in [6, 6.07) is 5.78. The molecule has 1 amide bonds. The fraction of sp³-hybridized carbons (Fsp3) is 0.500. The smallest absolute Gasteiger partial charge is 0.239 e. The minimum Gasteiger partial charge on any atom is -0.325 e. The Kier molecular flexibility index (Phi) is 3.06. The zero-order valence-electron chi connectivity index (χ0n) is 13.4. The van der Waals surface area contributed by atoms with Gasteiger partial charge in [-0.2, -0.15) is 0 Å². The summed E-state index contributed by atoms with van der Waals surface area (Å²) in [7, 11) is 0. The Bertz CT molecular complexity index is 684. The second-order valence-corrected chi connectivity index (χ2v) is 7.24. The highest BCUT2D eigenvalue weighted by Gasteiger charge is 2.72. The molecule has 0 spiro atoms. The van der Waals surface area contributed by atoms with Gasteiger partial charge in [-0.15, -0.1) is 0 Å². The van der Waals surface area contributed by atoms with Crippen molar-refractivity contribution in [2.75, 3.05) is 5.32 Å². The van der Waals surface area contributed by atoms with Gasteiger partial charge in [0.2, 0.25) is 17.5 Å². The number of carbonyl (C=O) groups is 3. The zero-order valence-corrected chi connectivity index (χ0v) is 13.4. The van der Waals surface area contributed by atoms with Gasteiger partial charge in [-0.05, 0) is 55.4 Å². The van der Waals surface area contributed by atoms with E-state index in [2.05, 4.69) is 5.32 Å². The van der Waals surface area contributed by atoms with Crippen molar-refractivity contribution in [2.24, 2.45) is 16.7 Å². The zero-order chi connectivity index (χ0) is 16.3. The van der Waals surface area contributed by atoms with Crippen LogP contribution >= 0.6 is 0 Å². The molecule has 0 aromatic heterocycles. The van der Waals surface area contributed by atoms with Crippen LogP contribution in [-0.2, 0) is 14.4 Å². The van der Waals surface area contributed by atoms with Crippen LogP contribution in [-0.4, -0.2) is 17.5 Å². The summed E-state index contributed by atoms with van der Waals surface area (Å²) in [6.45, 7) is 7.66. The molecule has 4 nitrogen and oxygen atoms in total. The number of carbonyl (C=O) groups excluding carboxylic acids is 3. The van der Waals surface area contributed by atoms with E-state index in [1.165, 1.54) is 0 Å². The SMILES string of the molecule is Cc1cc(C)cc(NC(=O)C23CCC(C(=O)C2=O)C3(C)C)c1. The Labute approximate surface area is 130 Å². The lowest BCUT2D eigenvalue weighted by molar-refractivity contribution is -0.147. The van der Waals surface area contributed by atoms with Gasteiger partial charge in [-0.1, -0.05) is 19.9 Å². The summed E-state index contributed by atoms with van der Waals surface area (Å²) in [5.41, 5.74) is 0.968. The number of nitrogens with one attached hydrogen (secondary N) is 1. The van der Waals surface area contributed by atoms with Gasteiger partial charge in [0, 0.05) is 11.6 Å². The summed E-state index contributed by atoms with van der Waals surface area (Å²) in [5, 5.41) is 2.88. The van der Waals surface area contributed by atoms with Gasteiger partial charge in [0.25, 0.3) is 0 Å². The topological polar surface area (TPSA) is 63.2 Å². The molecule has 2 fully saturated rings. The molecule has 116 valence electrons. The van der Waals surface area contributed by atoms with Crippen molar-refractivity contribution >= 4 is 23.2 Å². The average molecular weight is 299 g/mol. The lowest BCUT2D eigenvalue weighted by Gasteiger charge is -2.33. The lowest BCUT2D eigenvalue weighted by Crippen LogP contribution is -2.47. The molecule has 0 heterocycles. The molecule has 2 bridgehead atoms. The van der Waals surface area contributed by atoms with Crippen LogP contribution in [0.4, 0.5) is 5.69 Å². The van der Waals surface area contributed by atoms with Crippen molar-refractivity contribution in [3.8, 4) is 0 Å². The van der Waals surface area contributed by atoms with Crippen LogP contribution < -0.4 is 5.32 Å². The van der Waals surface area contributed by atoms with Crippen molar-refractivity contribution in [2.45, 2.75) is 40.5 Å². The van der Waals surface area contributed by atoms with Crippen LogP contribution in [0, 0.1) is 30.6 Å². The molecule has 0 aliphatic heterocycles. The first-order chi connectivity index (χ1) is 10.2. The Morgan fingerprint density at radius 2 is 1.73 bits per heavy atom. The van der Waals surface area contributed by atoms with Gasteiger partial charge in [-0.3, -0.25) is 14.4 Å². The Balaban J connectivity index is 1.98. The summed E-state index contributed by atoms with van der Waals surface area (Å²) in [5.74, 6) is -1.52. The number of aryl methyl sites for hydroxylation is 2. The maximum absolute atomic E-state index is 12.9. The monoisotopic (exact) mass is 299 g/mol. The molecule has 4 heteroatoms. The number of ketones is 2. The first-order valence-corrected chi connectivity index (χ1v) is 7.68. The fourth-order valence-corrected chi connectivity index (χ4v) is 4.37.